The van der Waals surface area contributed by atoms with Gasteiger partial charge in [0, 0.05) is 11.5 Å². The third kappa shape index (κ3) is 3.62. The molecule has 1 unspecified atom stereocenters. The van der Waals surface area contributed by atoms with E-state index < -0.39 is 0 Å². The van der Waals surface area contributed by atoms with Crippen LogP contribution in [0.1, 0.15) is 69.4 Å². The SMILES string of the molecule is C=C(c1ccccc1)[C@@]12CC[C@@H](N)C1CC(CCCCCC)=C2c1ccccc1. The number of fused-ring (bicyclic) bond motifs is 1. The van der Waals surface area contributed by atoms with Gasteiger partial charge in [0.2, 0.25) is 0 Å². The van der Waals surface area contributed by atoms with E-state index in [-0.39, 0.29) is 11.5 Å². The van der Waals surface area contributed by atoms with Gasteiger partial charge in [0.05, 0.1) is 0 Å². The van der Waals surface area contributed by atoms with Gasteiger partial charge in [-0.1, -0.05) is 99.0 Å². The molecule has 1 fully saturated rings. The van der Waals surface area contributed by atoms with Gasteiger partial charge in [-0.2, -0.15) is 0 Å². The molecule has 29 heavy (non-hydrogen) atoms. The molecular weight excluding hydrogens is 350 g/mol. The molecule has 0 spiro atoms. The first-order valence-corrected chi connectivity index (χ1v) is 11.5. The topological polar surface area (TPSA) is 26.0 Å². The molecule has 4 rings (SSSR count). The second-order valence-electron chi connectivity index (χ2n) is 8.98. The van der Waals surface area contributed by atoms with Crippen LogP contribution in [0.2, 0.25) is 0 Å². The van der Waals surface area contributed by atoms with Crippen LogP contribution in [-0.2, 0) is 0 Å². The van der Waals surface area contributed by atoms with E-state index in [0.29, 0.717) is 5.92 Å². The van der Waals surface area contributed by atoms with Crippen molar-refractivity contribution in [1.82, 2.24) is 0 Å². The van der Waals surface area contributed by atoms with E-state index in [1.165, 1.54) is 48.8 Å². The molecule has 2 aliphatic rings. The first-order chi connectivity index (χ1) is 14.2. The molecule has 1 saturated carbocycles. The second kappa shape index (κ2) is 8.71. The molecule has 2 N–H and O–H groups in total. The molecule has 2 aliphatic carbocycles. The Morgan fingerprint density at radius 2 is 1.69 bits per heavy atom. The van der Waals surface area contributed by atoms with E-state index >= 15 is 0 Å². The lowest BCUT2D eigenvalue weighted by Gasteiger charge is -2.37. The van der Waals surface area contributed by atoms with Crippen LogP contribution < -0.4 is 5.73 Å². The summed E-state index contributed by atoms with van der Waals surface area (Å²) in [4.78, 5) is 0. The number of unbranched alkanes of at least 4 members (excludes halogenated alkanes) is 3. The van der Waals surface area contributed by atoms with Crippen LogP contribution in [-0.4, -0.2) is 6.04 Å². The summed E-state index contributed by atoms with van der Waals surface area (Å²) in [7, 11) is 0. The molecule has 0 heterocycles. The van der Waals surface area contributed by atoms with Crippen molar-refractivity contribution < 1.29 is 0 Å². The summed E-state index contributed by atoms with van der Waals surface area (Å²) in [6, 6.07) is 22.1. The number of rotatable bonds is 8. The van der Waals surface area contributed by atoms with Gasteiger partial charge in [-0.25, -0.2) is 0 Å². The first kappa shape index (κ1) is 20.2. The third-order valence-electron chi connectivity index (χ3n) is 7.34. The Balaban J connectivity index is 1.80. The predicted octanol–water partition coefficient (Wildman–Crippen LogP) is 7.25. The van der Waals surface area contributed by atoms with E-state index in [0.717, 1.165) is 19.3 Å². The van der Waals surface area contributed by atoms with Gasteiger partial charge < -0.3 is 5.73 Å². The molecule has 2 aromatic rings. The van der Waals surface area contributed by atoms with E-state index in [1.807, 2.05) is 0 Å². The van der Waals surface area contributed by atoms with Gasteiger partial charge in [-0.15, -0.1) is 0 Å². The molecular formula is C28H35N. The fourth-order valence-corrected chi connectivity index (χ4v) is 5.95. The highest BCUT2D eigenvalue weighted by molar-refractivity contribution is 5.90. The largest absolute Gasteiger partial charge is 0.327 e. The van der Waals surface area contributed by atoms with Crippen LogP contribution >= 0.6 is 0 Å². The van der Waals surface area contributed by atoms with Crippen LogP contribution in [0.25, 0.3) is 11.1 Å². The zero-order valence-electron chi connectivity index (χ0n) is 17.9. The Morgan fingerprint density at radius 1 is 1.00 bits per heavy atom. The van der Waals surface area contributed by atoms with Crippen molar-refractivity contribution in [3.63, 3.8) is 0 Å². The summed E-state index contributed by atoms with van der Waals surface area (Å²) in [5.41, 5.74) is 13.8. The molecule has 0 saturated heterocycles. The van der Waals surface area contributed by atoms with Crippen molar-refractivity contribution in [2.24, 2.45) is 17.1 Å². The minimum absolute atomic E-state index is 0.0117. The van der Waals surface area contributed by atoms with Crippen LogP contribution in [0.5, 0.6) is 0 Å². The van der Waals surface area contributed by atoms with Crippen molar-refractivity contribution in [3.8, 4) is 0 Å². The Morgan fingerprint density at radius 3 is 2.38 bits per heavy atom. The minimum Gasteiger partial charge on any atom is -0.327 e. The highest BCUT2D eigenvalue weighted by atomic mass is 14.7. The fourth-order valence-electron chi connectivity index (χ4n) is 5.95. The maximum absolute atomic E-state index is 6.73. The molecule has 0 bridgehead atoms. The Hall–Kier alpha value is -2.12. The number of hydrogen-bond donors (Lipinski definition) is 1. The van der Waals surface area contributed by atoms with E-state index in [9.17, 15) is 0 Å². The molecule has 3 atom stereocenters. The summed E-state index contributed by atoms with van der Waals surface area (Å²) < 4.78 is 0. The Labute approximate surface area is 176 Å². The van der Waals surface area contributed by atoms with Crippen LogP contribution in [0.4, 0.5) is 0 Å². The van der Waals surface area contributed by atoms with Gasteiger partial charge in [-0.3, -0.25) is 0 Å². The zero-order valence-corrected chi connectivity index (χ0v) is 17.9. The lowest BCUT2D eigenvalue weighted by molar-refractivity contribution is 0.376. The normalized spacial score (nSPS) is 26.0. The third-order valence-corrected chi connectivity index (χ3v) is 7.34. The van der Waals surface area contributed by atoms with Gasteiger partial charge >= 0.3 is 0 Å². The quantitative estimate of drug-likeness (QED) is 0.476. The maximum atomic E-state index is 6.73. The number of benzene rings is 2. The van der Waals surface area contributed by atoms with Crippen LogP contribution in [0.3, 0.4) is 0 Å². The van der Waals surface area contributed by atoms with Crippen molar-refractivity contribution in [2.75, 3.05) is 0 Å². The lowest BCUT2D eigenvalue weighted by Crippen LogP contribution is -2.33. The van der Waals surface area contributed by atoms with Crippen LogP contribution in [0.15, 0.2) is 72.8 Å². The molecule has 1 heteroatoms. The zero-order chi connectivity index (χ0) is 20.3. The standard InChI is InChI=1S/C28H35N/c1-3-4-5-8-17-24-20-25-26(29)18-19-28(25,21(2)22-13-9-6-10-14-22)27(24)23-15-11-7-12-16-23/h6-7,9-16,25-26H,2-5,8,17-20,29H2,1H3/t25?,26-,28+/m1/s1. The molecule has 0 aromatic heterocycles. The van der Waals surface area contributed by atoms with Crippen molar-refractivity contribution >= 4 is 11.1 Å². The molecule has 0 aliphatic heterocycles. The number of allylic oxidation sites excluding steroid dienone is 3. The maximum Gasteiger partial charge on any atom is 0.0255 e. The first-order valence-electron chi connectivity index (χ1n) is 11.5. The van der Waals surface area contributed by atoms with Crippen LogP contribution in [0, 0.1) is 11.3 Å². The Bertz CT molecular complexity index is 864. The van der Waals surface area contributed by atoms with E-state index in [4.69, 9.17) is 12.3 Å². The van der Waals surface area contributed by atoms with Crippen molar-refractivity contribution in [1.29, 1.82) is 0 Å². The number of nitrogens with two attached hydrogens (primary N) is 1. The lowest BCUT2D eigenvalue weighted by atomic mass is 9.66. The Kier molecular flexibility index (Phi) is 6.06. The molecule has 1 nitrogen and oxygen atoms in total. The monoisotopic (exact) mass is 385 g/mol. The van der Waals surface area contributed by atoms with Gasteiger partial charge in [-0.05, 0) is 60.3 Å². The molecule has 2 aromatic carbocycles. The molecule has 0 radical (unpaired) electrons. The molecule has 152 valence electrons. The van der Waals surface area contributed by atoms with E-state index in [2.05, 4.69) is 67.6 Å². The average Bonchev–Trinajstić information content (AvgIpc) is 3.27. The highest BCUT2D eigenvalue weighted by Crippen LogP contribution is 2.65. The smallest absolute Gasteiger partial charge is 0.0255 e. The molecule has 0 amide bonds. The van der Waals surface area contributed by atoms with Gasteiger partial charge in [0.15, 0.2) is 0 Å². The van der Waals surface area contributed by atoms with Gasteiger partial charge in [0.1, 0.15) is 0 Å². The summed E-state index contributed by atoms with van der Waals surface area (Å²) in [5.74, 6) is 0.478. The predicted molar refractivity (Wildman–Crippen MR) is 125 cm³/mol. The summed E-state index contributed by atoms with van der Waals surface area (Å²) in [6.07, 6.45) is 9.79. The summed E-state index contributed by atoms with van der Waals surface area (Å²) in [6.45, 7) is 6.99. The van der Waals surface area contributed by atoms with E-state index in [1.54, 1.807) is 11.1 Å². The van der Waals surface area contributed by atoms with Crippen molar-refractivity contribution in [3.05, 3.63) is 83.9 Å². The van der Waals surface area contributed by atoms with Crippen molar-refractivity contribution in [2.45, 2.75) is 64.3 Å². The highest BCUT2D eigenvalue weighted by Gasteiger charge is 2.55. The number of hydrogen-bond acceptors (Lipinski definition) is 1. The van der Waals surface area contributed by atoms with Gasteiger partial charge in [0.25, 0.3) is 0 Å². The fraction of sp³-hybridized carbons (Fsp3) is 0.429. The minimum atomic E-state index is -0.0117. The average molecular weight is 386 g/mol. The summed E-state index contributed by atoms with van der Waals surface area (Å²) in [5, 5.41) is 0. The summed E-state index contributed by atoms with van der Waals surface area (Å²) >= 11 is 0. The second-order valence-corrected chi connectivity index (χ2v) is 8.98.